The van der Waals surface area contributed by atoms with Gasteiger partial charge in [0.1, 0.15) is 0 Å². The number of nitrogens with zero attached hydrogens (tertiary/aromatic N) is 1. The Morgan fingerprint density at radius 3 is 2.90 bits per heavy atom. The highest BCUT2D eigenvalue weighted by Gasteiger charge is 2.12. The number of hydrogen-bond acceptors (Lipinski definition) is 3. The molecule has 1 amide bonds. The van der Waals surface area contributed by atoms with Crippen LogP contribution in [0.1, 0.15) is 36.2 Å². The Bertz CT molecular complexity index is 455. The van der Waals surface area contributed by atoms with Crippen molar-refractivity contribution in [1.29, 1.82) is 0 Å². The lowest BCUT2D eigenvalue weighted by atomic mass is 10.0. The van der Waals surface area contributed by atoms with Crippen molar-refractivity contribution in [2.24, 2.45) is 0 Å². The third-order valence-electron chi connectivity index (χ3n) is 3.91. The minimum absolute atomic E-state index is 0.0329. The van der Waals surface area contributed by atoms with Crippen LogP contribution in [-0.2, 0) is 6.42 Å². The lowest BCUT2D eigenvalue weighted by molar-refractivity contribution is 0.0949. The lowest BCUT2D eigenvalue weighted by Crippen LogP contribution is -2.34. The van der Waals surface area contributed by atoms with Gasteiger partial charge in [-0.2, -0.15) is 0 Å². The second kappa shape index (κ2) is 7.29. The molecule has 1 heterocycles. The highest BCUT2D eigenvalue weighted by atomic mass is 16.1. The van der Waals surface area contributed by atoms with Crippen molar-refractivity contribution in [3.8, 4) is 0 Å². The van der Waals surface area contributed by atoms with Crippen LogP contribution in [0.2, 0.25) is 0 Å². The molecule has 0 saturated carbocycles. The number of aryl methyl sites for hydroxylation is 1. The molecule has 0 spiro atoms. The fourth-order valence-corrected chi connectivity index (χ4v) is 2.59. The van der Waals surface area contributed by atoms with Gasteiger partial charge in [0.15, 0.2) is 0 Å². The summed E-state index contributed by atoms with van der Waals surface area (Å²) in [6.45, 7) is 8.97. The third kappa shape index (κ3) is 3.73. The van der Waals surface area contributed by atoms with E-state index in [0.29, 0.717) is 6.54 Å². The average Bonchev–Trinajstić information content (AvgIpc) is 2.51. The lowest BCUT2D eigenvalue weighted by Gasteiger charge is -2.19. The van der Waals surface area contributed by atoms with E-state index in [1.807, 2.05) is 18.2 Å². The molecule has 0 fully saturated rings. The van der Waals surface area contributed by atoms with Crippen molar-refractivity contribution in [1.82, 2.24) is 10.2 Å². The molecule has 0 atom stereocenters. The van der Waals surface area contributed by atoms with E-state index < -0.39 is 0 Å². The molecule has 1 aromatic carbocycles. The van der Waals surface area contributed by atoms with E-state index in [2.05, 4.69) is 29.4 Å². The van der Waals surface area contributed by atoms with Crippen LogP contribution < -0.4 is 10.6 Å². The summed E-state index contributed by atoms with van der Waals surface area (Å²) in [5, 5.41) is 6.37. The number of carbonyl (C=O) groups is 1. The first kappa shape index (κ1) is 14.9. The molecule has 1 aliphatic rings. The predicted molar refractivity (Wildman–Crippen MR) is 83.4 cm³/mol. The second-order valence-corrected chi connectivity index (χ2v) is 5.19. The quantitative estimate of drug-likeness (QED) is 0.836. The molecule has 0 aliphatic carbocycles. The summed E-state index contributed by atoms with van der Waals surface area (Å²) in [7, 11) is 0. The summed E-state index contributed by atoms with van der Waals surface area (Å²) in [5.74, 6) is 0.0329. The summed E-state index contributed by atoms with van der Waals surface area (Å²) in [4.78, 5) is 14.4. The van der Waals surface area contributed by atoms with E-state index in [1.54, 1.807) is 0 Å². The number of amides is 1. The summed E-state index contributed by atoms with van der Waals surface area (Å²) >= 11 is 0. The van der Waals surface area contributed by atoms with Crippen LogP contribution in [0.5, 0.6) is 0 Å². The highest BCUT2D eigenvalue weighted by Crippen LogP contribution is 2.22. The Hall–Kier alpha value is -1.55. The Balaban J connectivity index is 1.89. The van der Waals surface area contributed by atoms with Gasteiger partial charge in [0.2, 0.25) is 0 Å². The molecule has 0 unspecified atom stereocenters. The first-order chi connectivity index (χ1) is 9.74. The number of fused-ring (bicyclic) bond motifs is 1. The maximum atomic E-state index is 12.1. The maximum Gasteiger partial charge on any atom is 0.251 e. The van der Waals surface area contributed by atoms with Gasteiger partial charge in [-0.25, -0.2) is 0 Å². The van der Waals surface area contributed by atoms with Gasteiger partial charge in [0.25, 0.3) is 5.91 Å². The summed E-state index contributed by atoms with van der Waals surface area (Å²) in [5.41, 5.74) is 3.20. The molecule has 0 saturated heterocycles. The molecule has 1 aliphatic heterocycles. The van der Waals surface area contributed by atoms with Crippen LogP contribution in [0.4, 0.5) is 5.69 Å². The zero-order valence-corrected chi connectivity index (χ0v) is 12.5. The smallest absolute Gasteiger partial charge is 0.251 e. The van der Waals surface area contributed by atoms with Gasteiger partial charge in [-0.05, 0) is 49.7 Å². The maximum absolute atomic E-state index is 12.1. The van der Waals surface area contributed by atoms with E-state index >= 15 is 0 Å². The van der Waals surface area contributed by atoms with E-state index in [9.17, 15) is 4.79 Å². The van der Waals surface area contributed by atoms with Gasteiger partial charge in [-0.15, -0.1) is 0 Å². The monoisotopic (exact) mass is 275 g/mol. The van der Waals surface area contributed by atoms with Crippen molar-refractivity contribution in [3.63, 3.8) is 0 Å². The van der Waals surface area contributed by atoms with Crippen molar-refractivity contribution < 1.29 is 4.79 Å². The minimum atomic E-state index is 0.0329. The normalized spacial score (nSPS) is 13.8. The first-order valence-corrected chi connectivity index (χ1v) is 7.62. The first-order valence-electron chi connectivity index (χ1n) is 7.62. The molecule has 4 heteroatoms. The molecule has 4 nitrogen and oxygen atoms in total. The molecule has 1 aromatic rings. The van der Waals surface area contributed by atoms with Crippen LogP contribution in [0, 0.1) is 0 Å². The number of rotatable bonds is 6. The van der Waals surface area contributed by atoms with Crippen molar-refractivity contribution in [3.05, 3.63) is 29.3 Å². The number of likely N-dealkylation sites (N-methyl/N-ethyl adjacent to an activating group) is 1. The molecule has 0 bridgehead atoms. The topological polar surface area (TPSA) is 44.4 Å². The summed E-state index contributed by atoms with van der Waals surface area (Å²) in [6, 6.07) is 5.95. The van der Waals surface area contributed by atoms with E-state index in [4.69, 9.17) is 0 Å². The second-order valence-electron chi connectivity index (χ2n) is 5.19. The molecule has 0 aromatic heterocycles. The van der Waals surface area contributed by atoms with Crippen LogP contribution in [0.25, 0.3) is 0 Å². The predicted octanol–water partition coefficient (Wildman–Crippen LogP) is 2.12. The molecule has 2 N–H and O–H groups in total. The number of nitrogens with one attached hydrogen (secondary N) is 2. The fourth-order valence-electron chi connectivity index (χ4n) is 2.59. The van der Waals surface area contributed by atoms with Gasteiger partial charge in [-0.1, -0.05) is 13.8 Å². The van der Waals surface area contributed by atoms with Crippen LogP contribution in [0.3, 0.4) is 0 Å². The van der Waals surface area contributed by atoms with E-state index in [-0.39, 0.29) is 5.91 Å². The van der Waals surface area contributed by atoms with Crippen molar-refractivity contribution in [2.75, 3.05) is 38.0 Å². The zero-order valence-electron chi connectivity index (χ0n) is 12.5. The number of carbonyl (C=O) groups excluding carboxylic acids is 1. The Labute approximate surface area is 121 Å². The molecule has 0 radical (unpaired) electrons. The van der Waals surface area contributed by atoms with Gasteiger partial charge >= 0.3 is 0 Å². The molecule has 2 rings (SSSR count). The zero-order chi connectivity index (χ0) is 14.4. The van der Waals surface area contributed by atoms with Gasteiger partial charge < -0.3 is 15.5 Å². The molecular weight excluding hydrogens is 250 g/mol. The minimum Gasteiger partial charge on any atom is -0.385 e. The fraction of sp³-hybridized carbons (Fsp3) is 0.562. The van der Waals surface area contributed by atoms with Crippen molar-refractivity contribution >= 4 is 11.6 Å². The van der Waals surface area contributed by atoms with Gasteiger partial charge in [0.05, 0.1) is 0 Å². The standard InChI is InChI=1S/C16H25N3O/c1-3-19(4-2)11-10-18-16(20)14-7-8-15-13(12-14)6-5-9-17-15/h7-8,12,17H,3-6,9-11H2,1-2H3,(H,18,20). The molecule has 20 heavy (non-hydrogen) atoms. The van der Waals surface area contributed by atoms with E-state index in [0.717, 1.165) is 44.6 Å². The Kier molecular flexibility index (Phi) is 5.41. The van der Waals surface area contributed by atoms with Crippen LogP contribution >= 0.6 is 0 Å². The highest BCUT2D eigenvalue weighted by molar-refractivity contribution is 5.94. The number of benzene rings is 1. The van der Waals surface area contributed by atoms with Crippen molar-refractivity contribution in [2.45, 2.75) is 26.7 Å². The van der Waals surface area contributed by atoms with Crippen LogP contribution in [-0.4, -0.2) is 43.5 Å². The SMILES string of the molecule is CCN(CC)CCNC(=O)c1ccc2c(c1)CCCN2. The Morgan fingerprint density at radius 2 is 2.15 bits per heavy atom. The molecule has 110 valence electrons. The molecular formula is C16H25N3O. The summed E-state index contributed by atoms with van der Waals surface area (Å²) in [6.07, 6.45) is 2.20. The number of anilines is 1. The van der Waals surface area contributed by atoms with Gasteiger partial charge in [-0.3, -0.25) is 4.79 Å². The summed E-state index contributed by atoms with van der Waals surface area (Å²) < 4.78 is 0. The largest absolute Gasteiger partial charge is 0.385 e. The van der Waals surface area contributed by atoms with Gasteiger partial charge in [0, 0.05) is 30.9 Å². The number of hydrogen-bond donors (Lipinski definition) is 2. The van der Waals surface area contributed by atoms with E-state index in [1.165, 1.54) is 11.3 Å². The van der Waals surface area contributed by atoms with Crippen LogP contribution in [0.15, 0.2) is 18.2 Å². The third-order valence-corrected chi connectivity index (χ3v) is 3.91. The average molecular weight is 275 g/mol. The Morgan fingerprint density at radius 1 is 1.35 bits per heavy atom.